The summed E-state index contributed by atoms with van der Waals surface area (Å²) < 4.78 is 5.59. The maximum absolute atomic E-state index is 12.6. The molecule has 178 valence electrons. The molecule has 1 aliphatic carbocycles. The Labute approximate surface area is 199 Å². The first-order valence-electron chi connectivity index (χ1n) is 11.6. The van der Waals surface area contributed by atoms with E-state index in [1.54, 1.807) is 6.08 Å². The van der Waals surface area contributed by atoms with Gasteiger partial charge in [-0.2, -0.15) is 0 Å². The van der Waals surface area contributed by atoms with Crippen molar-refractivity contribution < 1.29 is 24.2 Å². The predicted molar refractivity (Wildman–Crippen MR) is 128 cm³/mol. The van der Waals surface area contributed by atoms with Gasteiger partial charge in [0.15, 0.2) is 0 Å². The van der Waals surface area contributed by atoms with Gasteiger partial charge in [0.1, 0.15) is 12.0 Å². The summed E-state index contributed by atoms with van der Waals surface area (Å²) in [5.41, 5.74) is 3.65. The highest BCUT2D eigenvalue weighted by Gasteiger charge is 2.50. The van der Waals surface area contributed by atoms with E-state index in [-0.39, 0.29) is 44.0 Å². The standard InChI is InChI=1S/C27H30N2O5/c1-3-13-27(25(31)32)16-29(17-27)24(30)14-18(4-2)28-26(33)34-15-23-21-11-7-5-9-19(21)20-10-6-8-12-22(20)23/h3,5-12,18,23H,1,4,13-17H2,2H3,(H,28,33)(H,31,32)/t18-/m0/s1. The van der Waals surface area contributed by atoms with Crippen LogP contribution in [0, 0.1) is 5.41 Å². The molecule has 1 aliphatic heterocycles. The summed E-state index contributed by atoms with van der Waals surface area (Å²) in [5.74, 6) is -1.12. The number of carbonyl (C=O) groups excluding carboxylic acids is 2. The third-order valence-electron chi connectivity index (χ3n) is 6.91. The van der Waals surface area contributed by atoms with Gasteiger partial charge in [0.2, 0.25) is 5.91 Å². The van der Waals surface area contributed by atoms with Crippen LogP contribution in [0.1, 0.15) is 43.2 Å². The summed E-state index contributed by atoms with van der Waals surface area (Å²) in [6, 6.07) is 15.9. The Bertz CT molecular complexity index is 1060. The van der Waals surface area contributed by atoms with Gasteiger partial charge < -0.3 is 20.1 Å². The molecule has 1 atom stereocenters. The van der Waals surface area contributed by atoms with Crippen LogP contribution >= 0.6 is 0 Å². The first-order valence-corrected chi connectivity index (χ1v) is 11.6. The molecule has 7 nitrogen and oxygen atoms in total. The Balaban J connectivity index is 1.31. The van der Waals surface area contributed by atoms with Crippen LogP contribution in [-0.2, 0) is 14.3 Å². The Morgan fingerprint density at radius 1 is 1.15 bits per heavy atom. The van der Waals surface area contributed by atoms with Gasteiger partial charge in [-0.1, -0.05) is 61.5 Å². The van der Waals surface area contributed by atoms with Crippen LogP contribution in [0.15, 0.2) is 61.2 Å². The highest BCUT2D eigenvalue weighted by Crippen LogP contribution is 2.44. The number of likely N-dealkylation sites (tertiary alicyclic amines) is 1. The second kappa shape index (κ2) is 9.71. The van der Waals surface area contributed by atoms with E-state index < -0.39 is 17.5 Å². The maximum atomic E-state index is 12.6. The van der Waals surface area contributed by atoms with Crippen LogP contribution in [0.3, 0.4) is 0 Å². The van der Waals surface area contributed by atoms with Crippen molar-refractivity contribution in [2.45, 2.75) is 38.1 Å². The molecule has 1 fully saturated rings. The summed E-state index contributed by atoms with van der Waals surface area (Å²) in [6.07, 6.45) is 1.99. The largest absolute Gasteiger partial charge is 0.481 e. The van der Waals surface area contributed by atoms with Crippen molar-refractivity contribution in [1.29, 1.82) is 0 Å². The van der Waals surface area contributed by atoms with Crippen LogP contribution in [0.4, 0.5) is 4.79 Å². The molecule has 0 saturated carbocycles. The fraction of sp³-hybridized carbons (Fsp3) is 0.370. The third kappa shape index (κ3) is 4.42. The molecule has 0 spiro atoms. The average molecular weight is 463 g/mol. The maximum Gasteiger partial charge on any atom is 0.407 e. The number of aliphatic carboxylic acids is 1. The van der Waals surface area contributed by atoms with E-state index in [1.165, 1.54) is 4.90 Å². The molecule has 0 bridgehead atoms. The second-order valence-corrected chi connectivity index (χ2v) is 9.11. The van der Waals surface area contributed by atoms with Crippen LogP contribution in [-0.4, -0.2) is 53.7 Å². The number of rotatable bonds is 9. The van der Waals surface area contributed by atoms with Gasteiger partial charge in [0.05, 0.1) is 0 Å². The summed E-state index contributed by atoms with van der Waals surface area (Å²) in [5, 5.41) is 12.3. The number of hydrogen-bond acceptors (Lipinski definition) is 4. The molecule has 2 aromatic carbocycles. The van der Waals surface area contributed by atoms with Crippen molar-refractivity contribution in [3.05, 3.63) is 72.3 Å². The third-order valence-corrected chi connectivity index (χ3v) is 6.91. The minimum absolute atomic E-state index is 0.0325. The molecule has 1 saturated heterocycles. The molecule has 0 unspecified atom stereocenters. The molecule has 2 aromatic rings. The molecule has 0 radical (unpaired) electrons. The zero-order valence-electron chi connectivity index (χ0n) is 19.3. The molecular formula is C27H30N2O5. The Hall–Kier alpha value is -3.61. The Morgan fingerprint density at radius 3 is 2.26 bits per heavy atom. The van der Waals surface area contributed by atoms with E-state index in [0.717, 1.165) is 22.3 Å². The number of fused-ring (bicyclic) bond motifs is 3. The van der Waals surface area contributed by atoms with E-state index in [0.29, 0.717) is 12.8 Å². The smallest absolute Gasteiger partial charge is 0.407 e. The van der Waals surface area contributed by atoms with E-state index in [4.69, 9.17) is 4.74 Å². The van der Waals surface area contributed by atoms with Crippen molar-refractivity contribution in [1.82, 2.24) is 10.2 Å². The lowest BCUT2D eigenvalue weighted by Crippen LogP contribution is -2.62. The van der Waals surface area contributed by atoms with E-state index in [2.05, 4.69) is 36.2 Å². The number of nitrogens with one attached hydrogen (secondary N) is 1. The molecule has 2 amide bonds. The number of amides is 2. The molecule has 1 heterocycles. The second-order valence-electron chi connectivity index (χ2n) is 9.11. The lowest BCUT2D eigenvalue weighted by Gasteiger charge is -2.47. The Morgan fingerprint density at radius 2 is 1.74 bits per heavy atom. The number of ether oxygens (including phenoxy) is 1. The molecule has 7 heteroatoms. The highest BCUT2D eigenvalue weighted by molar-refractivity contribution is 5.84. The molecule has 4 rings (SSSR count). The fourth-order valence-electron chi connectivity index (χ4n) is 4.93. The van der Waals surface area contributed by atoms with Crippen molar-refractivity contribution in [3.63, 3.8) is 0 Å². The predicted octanol–water partition coefficient (Wildman–Crippen LogP) is 4.18. The molecule has 0 aromatic heterocycles. The quantitative estimate of drug-likeness (QED) is 0.545. The average Bonchev–Trinajstić information content (AvgIpc) is 3.12. The first kappa shape index (κ1) is 23.5. The van der Waals surface area contributed by atoms with E-state index >= 15 is 0 Å². The lowest BCUT2D eigenvalue weighted by atomic mass is 9.76. The summed E-state index contributed by atoms with van der Waals surface area (Å²) in [7, 11) is 0. The molecular weight excluding hydrogens is 432 g/mol. The van der Waals surface area contributed by atoms with Gasteiger partial charge in [-0.25, -0.2) is 4.79 Å². The van der Waals surface area contributed by atoms with Gasteiger partial charge >= 0.3 is 12.1 Å². The fourth-order valence-corrected chi connectivity index (χ4v) is 4.93. The number of nitrogens with zero attached hydrogens (tertiary/aromatic N) is 1. The summed E-state index contributed by atoms with van der Waals surface area (Å²) in [6.45, 7) is 6.03. The minimum Gasteiger partial charge on any atom is -0.481 e. The number of hydrogen-bond donors (Lipinski definition) is 2. The van der Waals surface area contributed by atoms with E-state index in [1.807, 2.05) is 31.2 Å². The van der Waals surface area contributed by atoms with Gasteiger partial charge in [0, 0.05) is 31.5 Å². The van der Waals surface area contributed by atoms with Crippen molar-refractivity contribution in [2.75, 3.05) is 19.7 Å². The zero-order chi connectivity index (χ0) is 24.3. The number of alkyl carbamates (subject to hydrolysis) is 1. The van der Waals surface area contributed by atoms with Crippen molar-refractivity contribution in [3.8, 4) is 11.1 Å². The van der Waals surface area contributed by atoms with E-state index in [9.17, 15) is 19.5 Å². The van der Waals surface area contributed by atoms with Crippen molar-refractivity contribution in [2.24, 2.45) is 5.41 Å². The first-order chi connectivity index (χ1) is 16.4. The number of carbonyl (C=O) groups is 3. The van der Waals surface area contributed by atoms with Crippen LogP contribution in [0.5, 0.6) is 0 Å². The lowest BCUT2D eigenvalue weighted by molar-refractivity contribution is -0.165. The number of benzene rings is 2. The van der Waals surface area contributed by atoms with Crippen LogP contribution in [0.2, 0.25) is 0 Å². The SMILES string of the molecule is C=CCC1(C(=O)O)CN(C(=O)C[C@H](CC)NC(=O)OCC2c3ccccc3-c3ccccc32)C1. The van der Waals surface area contributed by atoms with Gasteiger partial charge in [-0.3, -0.25) is 9.59 Å². The highest BCUT2D eigenvalue weighted by atomic mass is 16.5. The molecule has 34 heavy (non-hydrogen) atoms. The normalized spacial score (nSPS) is 16.6. The van der Waals surface area contributed by atoms with Gasteiger partial charge in [-0.05, 0) is 35.1 Å². The zero-order valence-corrected chi connectivity index (χ0v) is 19.3. The van der Waals surface area contributed by atoms with Crippen LogP contribution in [0.25, 0.3) is 11.1 Å². The van der Waals surface area contributed by atoms with Crippen LogP contribution < -0.4 is 5.32 Å². The monoisotopic (exact) mass is 462 g/mol. The molecule has 2 aliphatic rings. The molecule has 2 N–H and O–H groups in total. The van der Waals surface area contributed by atoms with Gasteiger partial charge in [-0.15, -0.1) is 6.58 Å². The topological polar surface area (TPSA) is 95.9 Å². The van der Waals surface area contributed by atoms with Gasteiger partial charge in [0.25, 0.3) is 0 Å². The summed E-state index contributed by atoms with van der Waals surface area (Å²) in [4.78, 5) is 38.3. The summed E-state index contributed by atoms with van der Waals surface area (Å²) >= 11 is 0. The number of carboxylic acid groups (broad SMARTS) is 1. The number of carboxylic acids is 1. The Kier molecular flexibility index (Phi) is 6.72. The van der Waals surface area contributed by atoms with Crippen molar-refractivity contribution >= 4 is 18.0 Å². The minimum atomic E-state index is -0.945. The number of allylic oxidation sites excluding steroid dienone is 1.